The molecule has 0 radical (unpaired) electrons. The fourth-order valence-electron chi connectivity index (χ4n) is 1.01. The highest BCUT2D eigenvalue weighted by molar-refractivity contribution is 5.77. The van der Waals surface area contributed by atoms with Crippen LogP contribution in [0.5, 0.6) is 5.75 Å². The van der Waals surface area contributed by atoms with Crippen LogP contribution in [0.3, 0.4) is 0 Å². The number of carbonyl (C=O) groups is 1. The predicted molar refractivity (Wildman–Crippen MR) is 55.6 cm³/mol. The standard InChI is InChI=1S/C10H14N2O2/c1-11-8-5-3-4-6-9(8)14-7-10(13)12-2/h3-6,11H,7H2,1-2H3,(H,12,13). The molecule has 76 valence electrons. The summed E-state index contributed by atoms with van der Waals surface area (Å²) in [5.41, 5.74) is 0.872. The van der Waals surface area contributed by atoms with Gasteiger partial charge in [0.1, 0.15) is 5.75 Å². The Balaban J connectivity index is 2.61. The highest BCUT2D eigenvalue weighted by atomic mass is 16.5. The Labute approximate surface area is 83.3 Å². The van der Waals surface area contributed by atoms with E-state index in [-0.39, 0.29) is 12.5 Å². The quantitative estimate of drug-likeness (QED) is 0.747. The second kappa shape index (κ2) is 5.11. The number of benzene rings is 1. The Hall–Kier alpha value is -1.71. The van der Waals surface area contributed by atoms with Crippen LogP contribution in [0.1, 0.15) is 0 Å². The molecular formula is C10H14N2O2. The maximum Gasteiger partial charge on any atom is 0.257 e. The number of ether oxygens (including phenoxy) is 1. The molecule has 1 aromatic rings. The summed E-state index contributed by atoms with van der Waals surface area (Å²) in [5.74, 6) is 0.537. The molecule has 0 saturated carbocycles. The van der Waals surface area contributed by atoms with E-state index >= 15 is 0 Å². The lowest BCUT2D eigenvalue weighted by Gasteiger charge is -2.09. The lowest BCUT2D eigenvalue weighted by molar-refractivity contribution is -0.122. The molecule has 1 aromatic carbocycles. The summed E-state index contributed by atoms with van der Waals surface area (Å²) >= 11 is 0. The number of carbonyl (C=O) groups excluding carboxylic acids is 1. The average Bonchev–Trinajstić information content (AvgIpc) is 2.26. The van der Waals surface area contributed by atoms with Crippen LogP contribution >= 0.6 is 0 Å². The lowest BCUT2D eigenvalue weighted by atomic mass is 10.3. The molecular weight excluding hydrogens is 180 g/mol. The highest BCUT2D eigenvalue weighted by Gasteiger charge is 2.02. The third-order valence-corrected chi connectivity index (χ3v) is 1.79. The van der Waals surface area contributed by atoms with Gasteiger partial charge in [-0.25, -0.2) is 0 Å². The maximum absolute atomic E-state index is 10.9. The Morgan fingerprint density at radius 2 is 2.07 bits per heavy atom. The van der Waals surface area contributed by atoms with E-state index in [1.807, 2.05) is 31.3 Å². The molecule has 0 aliphatic rings. The van der Waals surface area contributed by atoms with Crippen LogP contribution in [0.25, 0.3) is 0 Å². The van der Waals surface area contributed by atoms with E-state index in [9.17, 15) is 4.79 Å². The first-order valence-electron chi connectivity index (χ1n) is 4.38. The van der Waals surface area contributed by atoms with Crippen LogP contribution in [0, 0.1) is 0 Å². The third-order valence-electron chi connectivity index (χ3n) is 1.79. The summed E-state index contributed by atoms with van der Waals surface area (Å²) in [4.78, 5) is 10.9. The summed E-state index contributed by atoms with van der Waals surface area (Å²) in [7, 11) is 3.39. The van der Waals surface area contributed by atoms with Gasteiger partial charge in [-0.05, 0) is 12.1 Å². The monoisotopic (exact) mass is 194 g/mol. The minimum atomic E-state index is -0.143. The van der Waals surface area contributed by atoms with E-state index < -0.39 is 0 Å². The summed E-state index contributed by atoms with van der Waals surface area (Å²) in [6, 6.07) is 7.46. The van der Waals surface area contributed by atoms with Gasteiger partial charge >= 0.3 is 0 Å². The maximum atomic E-state index is 10.9. The molecule has 4 nitrogen and oxygen atoms in total. The van der Waals surface area contributed by atoms with Crippen molar-refractivity contribution in [1.29, 1.82) is 0 Å². The Morgan fingerprint density at radius 1 is 1.36 bits per heavy atom. The first kappa shape index (κ1) is 10.4. The van der Waals surface area contributed by atoms with Crippen LogP contribution in [0.4, 0.5) is 5.69 Å². The van der Waals surface area contributed by atoms with Crippen molar-refractivity contribution < 1.29 is 9.53 Å². The van der Waals surface area contributed by atoms with Crippen LogP contribution in [0.2, 0.25) is 0 Å². The van der Waals surface area contributed by atoms with Crippen LogP contribution < -0.4 is 15.4 Å². The van der Waals surface area contributed by atoms with Crippen LogP contribution in [0.15, 0.2) is 24.3 Å². The van der Waals surface area contributed by atoms with Gasteiger partial charge in [-0.15, -0.1) is 0 Å². The molecule has 1 amide bonds. The lowest BCUT2D eigenvalue weighted by Crippen LogP contribution is -2.24. The Kier molecular flexibility index (Phi) is 3.79. The molecule has 0 heterocycles. The second-order valence-corrected chi connectivity index (χ2v) is 2.71. The summed E-state index contributed by atoms with van der Waals surface area (Å²) in [6.07, 6.45) is 0. The van der Waals surface area contributed by atoms with E-state index in [1.165, 1.54) is 0 Å². The topological polar surface area (TPSA) is 50.4 Å². The van der Waals surface area contributed by atoms with Crippen molar-refractivity contribution in [3.8, 4) is 5.75 Å². The van der Waals surface area contributed by atoms with Gasteiger partial charge in [0, 0.05) is 14.1 Å². The van der Waals surface area contributed by atoms with Crippen molar-refractivity contribution in [2.24, 2.45) is 0 Å². The van der Waals surface area contributed by atoms with E-state index in [2.05, 4.69) is 10.6 Å². The summed E-state index contributed by atoms with van der Waals surface area (Å²) in [5, 5.41) is 5.47. The molecule has 4 heteroatoms. The number of anilines is 1. The molecule has 1 rings (SSSR count). The molecule has 0 saturated heterocycles. The number of hydrogen-bond acceptors (Lipinski definition) is 3. The molecule has 14 heavy (non-hydrogen) atoms. The Bertz CT molecular complexity index is 313. The zero-order valence-corrected chi connectivity index (χ0v) is 8.33. The van der Waals surface area contributed by atoms with Crippen molar-refractivity contribution in [3.05, 3.63) is 24.3 Å². The van der Waals surface area contributed by atoms with Gasteiger partial charge in [0.15, 0.2) is 6.61 Å². The van der Waals surface area contributed by atoms with E-state index in [0.29, 0.717) is 5.75 Å². The smallest absolute Gasteiger partial charge is 0.257 e. The number of rotatable bonds is 4. The normalized spacial score (nSPS) is 9.29. The number of likely N-dealkylation sites (N-methyl/N-ethyl adjacent to an activating group) is 1. The molecule has 0 bridgehead atoms. The number of amides is 1. The Morgan fingerprint density at radius 3 is 2.71 bits per heavy atom. The first-order chi connectivity index (χ1) is 6.77. The summed E-state index contributed by atoms with van der Waals surface area (Å²) < 4.78 is 5.31. The van der Waals surface area contributed by atoms with Gasteiger partial charge in [-0.3, -0.25) is 4.79 Å². The van der Waals surface area contributed by atoms with Crippen molar-refractivity contribution >= 4 is 11.6 Å². The minimum Gasteiger partial charge on any atom is -0.482 e. The highest BCUT2D eigenvalue weighted by Crippen LogP contribution is 2.22. The van der Waals surface area contributed by atoms with Crippen LogP contribution in [-0.2, 0) is 4.79 Å². The zero-order valence-electron chi connectivity index (χ0n) is 8.33. The molecule has 0 fully saturated rings. The van der Waals surface area contributed by atoms with Crippen molar-refractivity contribution in [2.45, 2.75) is 0 Å². The van der Waals surface area contributed by atoms with Gasteiger partial charge in [0.25, 0.3) is 5.91 Å². The molecule has 0 aliphatic carbocycles. The fraction of sp³-hybridized carbons (Fsp3) is 0.300. The zero-order chi connectivity index (χ0) is 10.4. The van der Waals surface area contributed by atoms with E-state index in [1.54, 1.807) is 7.05 Å². The average molecular weight is 194 g/mol. The van der Waals surface area contributed by atoms with Crippen molar-refractivity contribution in [3.63, 3.8) is 0 Å². The largest absolute Gasteiger partial charge is 0.482 e. The van der Waals surface area contributed by atoms with Gasteiger partial charge < -0.3 is 15.4 Å². The molecule has 0 aromatic heterocycles. The number of hydrogen-bond donors (Lipinski definition) is 2. The summed E-state index contributed by atoms with van der Waals surface area (Å²) in [6.45, 7) is 0.0369. The third kappa shape index (κ3) is 2.65. The van der Waals surface area contributed by atoms with Crippen molar-refractivity contribution in [2.75, 3.05) is 26.0 Å². The predicted octanol–water partition coefficient (Wildman–Crippen LogP) is 0.853. The first-order valence-corrected chi connectivity index (χ1v) is 4.38. The van der Waals surface area contributed by atoms with E-state index in [4.69, 9.17) is 4.74 Å². The van der Waals surface area contributed by atoms with Gasteiger partial charge in [-0.2, -0.15) is 0 Å². The number of para-hydroxylation sites is 2. The number of nitrogens with one attached hydrogen (secondary N) is 2. The molecule has 0 aliphatic heterocycles. The SMILES string of the molecule is CNC(=O)COc1ccccc1NC. The van der Waals surface area contributed by atoms with Crippen LogP contribution in [-0.4, -0.2) is 26.6 Å². The molecule has 0 spiro atoms. The fourth-order valence-corrected chi connectivity index (χ4v) is 1.01. The van der Waals surface area contributed by atoms with Gasteiger partial charge in [0.05, 0.1) is 5.69 Å². The van der Waals surface area contributed by atoms with Gasteiger partial charge in [0.2, 0.25) is 0 Å². The van der Waals surface area contributed by atoms with E-state index in [0.717, 1.165) is 5.69 Å². The second-order valence-electron chi connectivity index (χ2n) is 2.71. The molecule has 0 atom stereocenters. The molecule has 2 N–H and O–H groups in total. The van der Waals surface area contributed by atoms with Crippen molar-refractivity contribution in [1.82, 2.24) is 5.32 Å². The minimum absolute atomic E-state index is 0.0369. The van der Waals surface area contributed by atoms with Gasteiger partial charge in [-0.1, -0.05) is 12.1 Å². The molecule has 0 unspecified atom stereocenters.